The molecule has 1 aliphatic heterocycles. The van der Waals surface area contributed by atoms with Crippen molar-refractivity contribution in [1.82, 2.24) is 9.55 Å². The number of phenolic OH excluding ortho intramolecular Hbond substituents is 1. The number of carbonyl (C=O) groups is 1. The predicted octanol–water partition coefficient (Wildman–Crippen LogP) is 3.98. The molecule has 0 saturated carbocycles. The monoisotopic (exact) mass is 363 g/mol. The largest absolute Gasteiger partial charge is 0.508 e. The molecule has 3 aromatic rings. The topological polar surface area (TPSA) is 76.4 Å². The number of carbonyl (C=O) groups excluding carboxylic acids is 1. The van der Waals surface area contributed by atoms with Gasteiger partial charge in [0.25, 0.3) is 0 Å². The number of rotatable bonds is 3. The van der Waals surface area contributed by atoms with Crippen molar-refractivity contribution in [2.24, 2.45) is 0 Å². The maximum absolute atomic E-state index is 12.9. The van der Waals surface area contributed by atoms with Crippen LogP contribution in [-0.2, 0) is 9.53 Å². The molecule has 0 spiro atoms. The molecular formula is C21H21N3O3. The fourth-order valence-corrected chi connectivity index (χ4v) is 3.48. The molecule has 0 saturated heterocycles. The number of hydrogen-bond acceptors (Lipinski definition) is 5. The van der Waals surface area contributed by atoms with Gasteiger partial charge in [-0.1, -0.05) is 24.3 Å². The summed E-state index contributed by atoms with van der Waals surface area (Å²) in [5, 5.41) is 12.9. The second kappa shape index (κ2) is 6.46. The lowest BCUT2D eigenvalue weighted by molar-refractivity contribution is -0.143. The number of nitrogens with zero attached hydrogens (tertiary/aromatic N) is 2. The van der Waals surface area contributed by atoms with Crippen LogP contribution in [0.4, 0.5) is 5.95 Å². The Morgan fingerprint density at radius 3 is 2.59 bits per heavy atom. The van der Waals surface area contributed by atoms with E-state index in [1.54, 1.807) is 12.1 Å². The number of fused-ring (bicyclic) bond motifs is 3. The zero-order chi connectivity index (χ0) is 19.1. The molecule has 0 bridgehead atoms. The molecule has 0 amide bonds. The first kappa shape index (κ1) is 17.1. The van der Waals surface area contributed by atoms with Gasteiger partial charge in [-0.2, -0.15) is 0 Å². The maximum atomic E-state index is 12.9. The summed E-state index contributed by atoms with van der Waals surface area (Å²) < 4.78 is 7.52. The van der Waals surface area contributed by atoms with Gasteiger partial charge in [-0.25, -0.2) is 9.78 Å². The van der Waals surface area contributed by atoms with Crippen molar-refractivity contribution < 1.29 is 14.6 Å². The number of phenols is 1. The summed E-state index contributed by atoms with van der Waals surface area (Å²) in [6, 6.07) is 14.3. The zero-order valence-electron chi connectivity index (χ0n) is 15.4. The fraction of sp³-hybridized carbons (Fsp3) is 0.238. The van der Waals surface area contributed by atoms with E-state index in [1.165, 1.54) is 0 Å². The number of benzene rings is 2. The number of hydrogen-bond donors (Lipinski definition) is 2. The summed E-state index contributed by atoms with van der Waals surface area (Å²) in [5.41, 5.74) is 3.87. The predicted molar refractivity (Wildman–Crippen MR) is 104 cm³/mol. The van der Waals surface area contributed by atoms with E-state index < -0.39 is 6.04 Å². The van der Waals surface area contributed by atoms with Crippen molar-refractivity contribution in [2.45, 2.75) is 32.9 Å². The third-order valence-corrected chi connectivity index (χ3v) is 4.60. The number of aromatic hydroxyl groups is 1. The van der Waals surface area contributed by atoms with Gasteiger partial charge in [0.15, 0.2) is 0 Å². The van der Waals surface area contributed by atoms with Gasteiger partial charge in [0.05, 0.1) is 28.8 Å². The van der Waals surface area contributed by atoms with E-state index in [9.17, 15) is 9.90 Å². The van der Waals surface area contributed by atoms with E-state index in [-0.39, 0.29) is 17.8 Å². The minimum absolute atomic E-state index is 0.176. The first-order valence-electron chi connectivity index (χ1n) is 8.90. The van der Waals surface area contributed by atoms with Crippen LogP contribution in [0.5, 0.6) is 5.75 Å². The molecule has 0 aliphatic carbocycles. The van der Waals surface area contributed by atoms with Crippen LogP contribution in [0.2, 0.25) is 0 Å². The van der Waals surface area contributed by atoms with Gasteiger partial charge in [0.2, 0.25) is 5.95 Å². The Kier molecular flexibility index (Phi) is 4.11. The summed E-state index contributed by atoms with van der Waals surface area (Å²) in [6.45, 7) is 5.52. The molecule has 2 N–H and O–H groups in total. The Morgan fingerprint density at radius 1 is 1.19 bits per heavy atom. The van der Waals surface area contributed by atoms with Crippen molar-refractivity contribution in [1.29, 1.82) is 0 Å². The summed E-state index contributed by atoms with van der Waals surface area (Å²) in [6.07, 6.45) is -0.223. The minimum Gasteiger partial charge on any atom is -0.508 e. The number of imidazole rings is 1. The van der Waals surface area contributed by atoms with E-state index in [2.05, 4.69) is 10.3 Å². The zero-order valence-corrected chi connectivity index (χ0v) is 15.4. The Morgan fingerprint density at radius 2 is 1.89 bits per heavy atom. The molecule has 138 valence electrons. The first-order chi connectivity index (χ1) is 13.0. The molecule has 1 unspecified atom stereocenters. The van der Waals surface area contributed by atoms with Gasteiger partial charge in [0, 0.05) is 5.70 Å². The molecule has 1 atom stereocenters. The van der Waals surface area contributed by atoms with Gasteiger partial charge >= 0.3 is 5.97 Å². The van der Waals surface area contributed by atoms with Crippen molar-refractivity contribution in [3.05, 3.63) is 65.4 Å². The van der Waals surface area contributed by atoms with Crippen LogP contribution in [0.1, 0.15) is 32.4 Å². The summed E-state index contributed by atoms with van der Waals surface area (Å²) in [7, 11) is 0. The molecule has 27 heavy (non-hydrogen) atoms. The van der Waals surface area contributed by atoms with E-state index in [1.807, 2.05) is 61.7 Å². The Balaban J connectivity index is 1.95. The standard InChI is InChI=1S/C21H21N3O3/c1-12(2)27-20(26)18-13(3)22-21-23-16-6-4-5-7-17(16)24(21)19(18)14-8-10-15(25)11-9-14/h4-12,19,25H,1-3H3,(H,22,23). The van der Waals surface area contributed by atoms with Crippen LogP contribution in [0, 0.1) is 0 Å². The number of para-hydroxylation sites is 2. The van der Waals surface area contributed by atoms with E-state index in [0.717, 1.165) is 16.6 Å². The van der Waals surface area contributed by atoms with Crippen LogP contribution >= 0.6 is 0 Å². The van der Waals surface area contributed by atoms with Crippen LogP contribution < -0.4 is 5.32 Å². The molecule has 1 aliphatic rings. The van der Waals surface area contributed by atoms with Gasteiger partial charge in [-0.15, -0.1) is 0 Å². The van der Waals surface area contributed by atoms with E-state index >= 15 is 0 Å². The van der Waals surface area contributed by atoms with Crippen LogP contribution in [0.3, 0.4) is 0 Å². The second-order valence-electron chi connectivity index (χ2n) is 6.91. The lowest BCUT2D eigenvalue weighted by atomic mass is 9.95. The maximum Gasteiger partial charge on any atom is 0.338 e. The number of nitrogens with one attached hydrogen (secondary N) is 1. The van der Waals surface area contributed by atoms with E-state index in [4.69, 9.17) is 4.74 Å². The molecule has 4 rings (SSSR count). The molecule has 2 aromatic carbocycles. The van der Waals surface area contributed by atoms with Gasteiger partial charge < -0.3 is 15.2 Å². The fourth-order valence-electron chi connectivity index (χ4n) is 3.48. The van der Waals surface area contributed by atoms with Gasteiger partial charge in [-0.05, 0) is 50.6 Å². The Bertz CT molecular complexity index is 1050. The molecular weight excluding hydrogens is 342 g/mol. The van der Waals surface area contributed by atoms with Crippen molar-refractivity contribution in [3.63, 3.8) is 0 Å². The second-order valence-corrected chi connectivity index (χ2v) is 6.91. The Hall–Kier alpha value is -3.28. The highest BCUT2D eigenvalue weighted by molar-refractivity contribution is 5.94. The number of esters is 1. The van der Waals surface area contributed by atoms with Crippen LogP contribution in [-0.4, -0.2) is 26.7 Å². The van der Waals surface area contributed by atoms with Crippen molar-refractivity contribution in [2.75, 3.05) is 5.32 Å². The third kappa shape index (κ3) is 2.93. The lowest BCUT2D eigenvalue weighted by Crippen LogP contribution is -2.29. The average Bonchev–Trinajstić information content (AvgIpc) is 2.98. The highest BCUT2D eigenvalue weighted by Crippen LogP contribution is 2.39. The number of allylic oxidation sites excluding steroid dienone is 1. The quantitative estimate of drug-likeness (QED) is 0.688. The molecule has 6 heteroatoms. The molecule has 1 aromatic heterocycles. The number of anilines is 1. The minimum atomic E-state index is -0.402. The first-order valence-corrected chi connectivity index (χ1v) is 8.90. The summed E-state index contributed by atoms with van der Waals surface area (Å²) in [5.74, 6) is 0.486. The summed E-state index contributed by atoms with van der Waals surface area (Å²) >= 11 is 0. The van der Waals surface area contributed by atoms with Crippen LogP contribution in [0.25, 0.3) is 11.0 Å². The highest BCUT2D eigenvalue weighted by atomic mass is 16.5. The molecule has 2 heterocycles. The molecule has 0 fully saturated rings. The Labute approximate surface area is 157 Å². The van der Waals surface area contributed by atoms with Crippen molar-refractivity contribution in [3.8, 4) is 5.75 Å². The van der Waals surface area contributed by atoms with Crippen LogP contribution in [0.15, 0.2) is 59.8 Å². The molecule has 0 radical (unpaired) electrons. The van der Waals surface area contributed by atoms with Gasteiger partial charge in [0.1, 0.15) is 5.75 Å². The van der Waals surface area contributed by atoms with E-state index in [0.29, 0.717) is 17.2 Å². The van der Waals surface area contributed by atoms with Gasteiger partial charge in [-0.3, -0.25) is 4.57 Å². The SMILES string of the molecule is CC1=C(C(=O)OC(C)C)C(c2ccc(O)cc2)n2c(nc3ccccc32)N1. The number of ether oxygens (including phenoxy) is 1. The number of aromatic nitrogens is 2. The normalized spacial score (nSPS) is 16.4. The average molecular weight is 363 g/mol. The summed E-state index contributed by atoms with van der Waals surface area (Å²) in [4.78, 5) is 17.6. The lowest BCUT2D eigenvalue weighted by Gasteiger charge is -2.30. The highest BCUT2D eigenvalue weighted by Gasteiger charge is 2.35. The smallest absolute Gasteiger partial charge is 0.338 e. The molecule has 6 nitrogen and oxygen atoms in total. The van der Waals surface area contributed by atoms with Crippen molar-refractivity contribution >= 4 is 23.0 Å². The third-order valence-electron chi connectivity index (χ3n) is 4.60.